The second-order valence-electron chi connectivity index (χ2n) is 5.83. The molecule has 0 aliphatic carbocycles. The number of methoxy groups -OCH3 is 1. The lowest BCUT2D eigenvalue weighted by Crippen LogP contribution is -2.32. The summed E-state index contributed by atoms with van der Waals surface area (Å²) in [5, 5.41) is 11.3. The third-order valence-electron chi connectivity index (χ3n) is 4.29. The fraction of sp³-hybridized carbons (Fsp3) is 0.0526. The smallest absolute Gasteiger partial charge is 0.166 e. The van der Waals surface area contributed by atoms with Crippen LogP contribution in [0.3, 0.4) is 0 Å². The van der Waals surface area contributed by atoms with Gasteiger partial charge in [-0.25, -0.2) is 10.8 Å². The van der Waals surface area contributed by atoms with Crippen molar-refractivity contribution >= 4 is 49.7 Å². The Balaban J connectivity index is 1.83. The minimum Gasteiger partial charge on any atom is -0.497 e. The maximum absolute atomic E-state index is 5.49. The molecule has 2 aromatic carbocycles. The van der Waals surface area contributed by atoms with Gasteiger partial charge in [-0.05, 0) is 41.8 Å². The first-order valence-corrected chi connectivity index (χ1v) is 9.08. The topological polar surface area (TPSA) is 111 Å². The normalized spacial score (nSPS) is 11.7. The third-order valence-corrected chi connectivity index (χ3v) is 5.23. The Hall–Kier alpha value is -3.36. The number of nitrogens with one attached hydrogen (secondary N) is 2. The summed E-state index contributed by atoms with van der Waals surface area (Å²) >= 11 is 1.68. The number of pyridine rings is 1. The molecule has 8 heteroatoms. The molecule has 0 aliphatic heterocycles. The van der Waals surface area contributed by atoms with Crippen molar-refractivity contribution in [2.75, 3.05) is 12.4 Å². The van der Waals surface area contributed by atoms with Crippen molar-refractivity contribution in [2.24, 2.45) is 16.8 Å². The van der Waals surface area contributed by atoms with Crippen molar-refractivity contribution in [3.63, 3.8) is 0 Å². The fourth-order valence-corrected chi connectivity index (χ4v) is 3.88. The summed E-state index contributed by atoms with van der Waals surface area (Å²) in [5.74, 6) is 12.9. The Bertz CT molecular complexity index is 1140. The van der Waals surface area contributed by atoms with E-state index in [2.05, 4.69) is 27.3 Å². The molecule has 7 nitrogen and oxygen atoms in total. The molecular formula is C19H18N6OS. The lowest BCUT2D eigenvalue weighted by molar-refractivity contribution is 0.415. The van der Waals surface area contributed by atoms with Crippen LogP contribution in [0.25, 0.3) is 21.0 Å². The number of nitrogens with zero attached hydrogens (tertiary/aromatic N) is 2. The van der Waals surface area contributed by atoms with E-state index in [9.17, 15) is 0 Å². The molecule has 0 fully saturated rings. The first-order valence-electron chi connectivity index (χ1n) is 8.20. The Labute approximate surface area is 159 Å². The summed E-state index contributed by atoms with van der Waals surface area (Å²) in [6.07, 6.45) is 0. The molecule has 0 amide bonds. The molecule has 0 bridgehead atoms. The molecule has 0 saturated carbocycles. The second-order valence-corrected chi connectivity index (χ2v) is 6.75. The molecule has 0 saturated heterocycles. The van der Waals surface area contributed by atoms with Gasteiger partial charge in [0.25, 0.3) is 0 Å². The Kier molecular flexibility index (Phi) is 4.49. The molecule has 0 unspecified atom stereocenters. The van der Waals surface area contributed by atoms with Crippen molar-refractivity contribution < 1.29 is 4.74 Å². The van der Waals surface area contributed by atoms with E-state index in [4.69, 9.17) is 21.4 Å². The Morgan fingerprint density at radius 2 is 1.93 bits per heavy atom. The summed E-state index contributed by atoms with van der Waals surface area (Å²) in [6, 6.07) is 15.6. The van der Waals surface area contributed by atoms with Crippen LogP contribution in [0.5, 0.6) is 5.75 Å². The van der Waals surface area contributed by atoms with Gasteiger partial charge in [0.2, 0.25) is 0 Å². The number of ether oxygens (including phenoxy) is 1. The summed E-state index contributed by atoms with van der Waals surface area (Å²) in [4.78, 5) is 4.83. The number of hydrazone groups is 1. The number of rotatable bonds is 4. The number of hydrogen-bond donors (Lipinski definition) is 4. The molecule has 4 rings (SSSR count). The molecule has 6 N–H and O–H groups in total. The van der Waals surface area contributed by atoms with E-state index in [1.54, 1.807) is 18.4 Å². The minimum atomic E-state index is 0.398. The lowest BCUT2D eigenvalue weighted by Gasteiger charge is -2.11. The molecule has 0 atom stereocenters. The van der Waals surface area contributed by atoms with Crippen molar-refractivity contribution in [1.82, 2.24) is 10.4 Å². The molecule has 0 spiro atoms. The van der Waals surface area contributed by atoms with E-state index in [0.29, 0.717) is 5.84 Å². The number of benzene rings is 2. The van der Waals surface area contributed by atoms with Gasteiger partial charge in [-0.2, -0.15) is 5.10 Å². The van der Waals surface area contributed by atoms with E-state index in [0.717, 1.165) is 43.8 Å². The number of hydrazine groups is 1. The molecule has 2 aromatic heterocycles. The van der Waals surface area contributed by atoms with Gasteiger partial charge in [0.15, 0.2) is 5.84 Å². The van der Waals surface area contributed by atoms with E-state index in [-0.39, 0.29) is 0 Å². The molecule has 136 valence electrons. The van der Waals surface area contributed by atoms with Gasteiger partial charge < -0.3 is 21.3 Å². The van der Waals surface area contributed by atoms with Gasteiger partial charge >= 0.3 is 0 Å². The summed E-state index contributed by atoms with van der Waals surface area (Å²) in [7, 11) is 1.65. The Morgan fingerprint density at radius 3 is 2.63 bits per heavy atom. The van der Waals surface area contributed by atoms with Crippen molar-refractivity contribution in [3.8, 4) is 5.75 Å². The van der Waals surface area contributed by atoms with E-state index >= 15 is 0 Å². The first kappa shape index (κ1) is 17.1. The third kappa shape index (κ3) is 3.12. The summed E-state index contributed by atoms with van der Waals surface area (Å²) in [6.45, 7) is 0. The number of thiophene rings is 1. The van der Waals surface area contributed by atoms with Crippen molar-refractivity contribution in [2.45, 2.75) is 0 Å². The molecule has 4 aromatic rings. The molecule has 0 radical (unpaired) electrons. The molecule has 0 aliphatic rings. The standard InChI is InChI=1S/C19H18N6OS/c1-26-13-5-3-12(4-6-13)22-19-15-8-9-27-17(15)14-7-2-11(10-16(14)23-19)18(24-20)25-21/h2-10H,20-21H2,1H3,(H,22,23)(H,24,25). The molecule has 27 heavy (non-hydrogen) atoms. The highest BCUT2D eigenvalue weighted by Crippen LogP contribution is 2.35. The van der Waals surface area contributed by atoms with Gasteiger partial charge in [-0.1, -0.05) is 12.1 Å². The number of fused-ring (bicyclic) bond motifs is 3. The number of amidine groups is 1. The van der Waals surface area contributed by atoms with Gasteiger partial charge in [-0.3, -0.25) is 0 Å². The van der Waals surface area contributed by atoms with Crippen LogP contribution in [0.1, 0.15) is 5.56 Å². The highest BCUT2D eigenvalue weighted by Gasteiger charge is 2.12. The maximum Gasteiger partial charge on any atom is 0.166 e. The number of nitrogens with two attached hydrogens (primary N) is 2. The van der Waals surface area contributed by atoms with Gasteiger partial charge in [0, 0.05) is 26.7 Å². The van der Waals surface area contributed by atoms with Crippen LogP contribution >= 0.6 is 11.3 Å². The molecular weight excluding hydrogens is 360 g/mol. The zero-order chi connectivity index (χ0) is 18.8. The largest absolute Gasteiger partial charge is 0.497 e. The quantitative estimate of drug-likeness (QED) is 0.188. The van der Waals surface area contributed by atoms with Crippen molar-refractivity contribution in [3.05, 3.63) is 59.5 Å². The van der Waals surface area contributed by atoms with Crippen LogP contribution in [-0.4, -0.2) is 17.9 Å². The highest BCUT2D eigenvalue weighted by molar-refractivity contribution is 7.18. The zero-order valence-electron chi connectivity index (χ0n) is 14.6. The Morgan fingerprint density at radius 1 is 1.11 bits per heavy atom. The maximum atomic E-state index is 5.49. The van der Waals surface area contributed by atoms with Crippen LogP contribution in [0.4, 0.5) is 11.5 Å². The van der Waals surface area contributed by atoms with Gasteiger partial charge in [0.1, 0.15) is 11.6 Å². The number of hydrogen-bond acceptors (Lipinski definition) is 7. The van der Waals surface area contributed by atoms with Crippen LogP contribution in [0.2, 0.25) is 0 Å². The van der Waals surface area contributed by atoms with Gasteiger partial charge in [0.05, 0.1) is 12.6 Å². The molecule has 2 heterocycles. The predicted octanol–water partition coefficient (Wildman–Crippen LogP) is 3.29. The van der Waals surface area contributed by atoms with Crippen LogP contribution in [-0.2, 0) is 0 Å². The predicted molar refractivity (Wildman–Crippen MR) is 111 cm³/mol. The van der Waals surface area contributed by atoms with E-state index < -0.39 is 0 Å². The zero-order valence-corrected chi connectivity index (χ0v) is 15.4. The average Bonchev–Trinajstić information content (AvgIpc) is 3.20. The SMILES string of the molecule is COc1ccc(Nc2nc3cc(/C(=N/N)NN)ccc3c3sccc23)cc1. The van der Waals surface area contributed by atoms with Crippen LogP contribution < -0.4 is 27.2 Å². The summed E-state index contributed by atoms with van der Waals surface area (Å²) < 4.78 is 6.37. The van der Waals surface area contributed by atoms with Crippen LogP contribution in [0.15, 0.2) is 59.0 Å². The average molecular weight is 378 g/mol. The second kappa shape index (κ2) is 7.10. The number of anilines is 2. The van der Waals surface area contributed by atoms with E-state index in [1.807, 2.05) is 42.5 Å². The minimum absolute atomic E-state index is 0.398. The first-order chi connectivity index (χ1) is 13.2. The highest BCUT2D eigenvalue weighted by atomic mass is 32.1. The van der Waals surface area contributed by atoms with Crippen molar-refractivity contribution in [1.29, 1.82) is 0 Å². The number of aromatic nitrogens is 1. The lowest BCUT2D eigenvalue weighted by atomic mass is 10.1. The van der Waals surface area contributed by atoms with E-state index in [1.165, 1.54) is 0 Å². The van der Waals surface area contributed by atoms with Gasteiger partial charge in [-0.15, -0.1) is 11.3 Å². The monoisotopic (exact) mass is 378 g/mol. The summed E-state index contributed by atoms with van der Waals surface area (Å²) in [5.41, 5.74) is 5.03. The fourth-order valence-electron chi connectivity index (χ4n) is 2.95. The van der Waals surface area contributed by atoms with Crippen LogP contribution in [0, 0.1) is 0 Å².